The van der Waals surface area contributed by atoms with Crippen LogP contribution in [-0.4, -0.2) is 47.5 Å². The highest BCUT2D eigenvalue weighted by molar-refractivity contribution is 8.67. The molecule has 0 fully saturated rings. The van der Waals surface area contributed by atoms with Gasteiger partial charge in [-0.3, -0.25) is 13.8 Å². The largest absolute Gasteiger partial charge is 0.423 e. The van der Waals surface area contributed by atoms with Gasteiger partial charge in [-0.1, -0.05) is 12.1 Å². The molecule has 0 aliphatic carbocycles. The highest BCUT2D eigenvalue weighted by atomic mass is 32.9. The van der Waals surface area contributed by atoms with Gasteiger partial charge >= 0.3 is 6.72 Å². The maximum Gasteiger partial charge on any atom is 0.380 e. The molecule has 10 nitrogen and oxygen atoms in total. The number of nitrogens with zero attached hydrogens (tertiary/aromatic N) is 4. The Morgan fingerprint density at radius 1 is 1.00 bits per heavy atom. The Morgan fingerprint density at radius 2 is 1.59 bits per heavy atom. The van der Waals surface area contributed by atoms with E-state index in [-0.39, 0.29) is 10.9 Å². The van der Waals surface area contributed by atoms with E-state index in [0.29, 0.717) is 37.7 Å². The van der Waals surface area contributed by atoms with Crippen LogP contribution in [0.3, 0.4) is 0 Å². The molecule has 34 heavy (non-hydrogen) atoms. The summed E-state index contributed by atoms with van der Waals surface area (Å²) in [5.74, 6) is 0.409. The van der Waals surface area contributed by atoms with Crippen LogP contribution in [0.25, 0.3) is 0 Å². The molecular weight excluding hydrogens is 538 g/mol. The molecule has 0 aliphatic heterocycles. The number of aryl methyl sites for hydroxylation is 1. The van der Waals surface area contributed by atoms with Gasteiger partial charge in [-0.15, -0.1) is 10.2 Å². The first-order valence-corrected chi connectivity index (χ1v) is 17.1. The van der Waals surface area contributed by atoms with Gasteiger partial charge in [0.1, 0.15) is 11.4 Å². The number of benzene rings is 1. The molecule has 0 bridgehead atoms. The first kappa shape index (κ1) is 29.2. The Kier molecular flexibility index (Phi) is 12.0. The summed E-state index contributed by atoms with van der Waals surface area (Å²) in [7, 11) is 0. The molecule has 0 radical (unpaired) electrons. The van der Waals surface area contributed by atoms with Gasteiger partial charge < -0.3 is 13.6 Å². The van der Waals surface area contributed by atoms with Gasteiger partial charge in [0, 0.05) is 28.8 Å². The fraction of sp³-hybridized carbons (Fsp3) is 0.474. The van der Waals surface area contributed by atoms with E-state index >= 15 is 0 Å². The Balaban J connectivity index is 2.47. The minimum absolute atomic E-state index is 0.157. The van der Waals surface area contributed by atoms with Gasteiger partial charge in [-0.2, -0.15) is 9.78 Å². The van der Waals surface area contributed by atoms with E-state index in [1.165, 1.54) is 6.21 Å². The second kappa shape index (κ2) is 13.9. The Labute approximate surface area is 213 Å². The molecule has 0 unspecified atom stereocenters. The fourth-order valence-corrected chi connectivity index (χ4v) is 8.94. The van der Waals surface area contributed by atoms with Crippen LogP contribution in [0.5, 0.6) is 5.75 Å². The summed E-state index contributed by atoms with van der Waals surface area (Å²) in [6.45, 7) is 7.20. The van der Waals surface area contributed by atoms with Gasteiger partial charge in [-0.05, 0) is 58.6 Å². The summed E-state index contributed by atoms with van der Waals surface area (Å²) in [6, 6.07) is 7.08. The van der Waals surface area contributed by atoms with Crippen molar-refractivity contribution in [3.05, 3.63) is 45.9 Å². The smallest absolute Gasteiger partial charge is 0.380 e. The third-order valence-electron chi connectivity index (χ3n) is 3.75. The zero-order valence-electron chi connectivity index (χ0n) is 19.6. The molecule has 0 saturated heterocycles. The molecule has 15 heteroatoms. The Bertz CT molecular complexity index is 1130. The summed E-state index contributed by atoms with van der Waals surface area (Å²) in [4.78, 5) is 12.8. The van der Waals surface area contributed by atoms with Gasteiger partial charge in [-0.25, -0.2) is 0 Å². The lowest BCUT2D eigenvalue weighted by molar-refractivity contribution is 0.218. The molecule has 0 N–H and O–H groups in total. The average molecular weight is 567 g/mol. The van der Waals surface area contributed by atoms with Crippen molar-refractivity contribution in [2.75, 3.05) is 26.4 Å². The summed E-state index contributed by atoms with van der Waals surface area (Å²) in [5, 5.41) is 12.5. The highest BCUT2D eigenvalue weighted by Gasteiger charge is 2.25. The third-order valence-corrected chi connectivity index (χ3v) is 11.1. The predicted octanol–water partition coefficient (Wildman–Crippen LogP) is 4.89. The molecule has 188 valence electrons. The van der Waals surface area contributed by atoms with Crippen molar-refractivity contribution in [3.63, 3.8) is 0 Å². The van der Waals surface area contributed by atoms with E-state index in [4.69, 9.17) is 46.2 Å². The van der Waals surface area contributed by atoms with Crippen molar-refractivity contribution in [2.24, 2.45) is 5.10 Å². The van der Waals surface area contributed by atoms with E-state index in [1.54, 1.807) is 31.2 Å². The molecule has 0 aliphatic rings. The van der Waals surface area contributed by atoms with Crippen LogP contribution in [0.1, 0.15) is 39.0 Å². The van der Waals surface area contributed by atoms with E-state index in [9.17, 15) is 4.79 Å². The second-order valence-corrected chi connectivity index (χ2v) is 15.2. The standard InChI is InChI=1S/C19H28N4O6P2S3/c1-6-25-30(32,26-7-2)29-17-13-11-10-12-16(17)14-20-23-18(24)15(5)21-22-19(23)34-31(33,27-8-3)28-9-4/h10-14H,6-9H2,1-5H3/b20-14+. The van der Waals surface area contributed by atoms with Crippen molar-refractivity contribution < 1.29 is 22.6 Å². The molecule has 0 saturated carbocycles. The Hall–Kier alpha value is -1.01. The molecular formula is C19H28N4O6P2S3. The van der Waals surface area contributed by atoms with Crippen LogP contribution < -0.4 is 10.1 Å². The third kappa shape index (κ3) is 8.29. The van der Waals surface area contributed by atoms with Gasteiger partial charge in [0.05, 0.1) is 32.6 Å². The zero-order chi connectivity index (χ0) is 25.2. The lowest BCUT2D eigenvalue weighted by atomic mass is 10.2. The van der Waals surface area contributed by atoms with Crippen molar-refractivity contribution in [3.8, 4) is 5.75 Å². The van der Waals surface area contributed by atoms with Crippen molar-refractivity contribution in [1.29, 1.82) is 0 Å². The predicted molar refractivity (Wildman–Crippen MR) is 142 cm³/mol. The summed E-state index contributed by atoms with van der Waals surface area (Å²) >= 11 is 12.1. The first-order valence-electron chi connectivity index (χ1n) is 10.5. The molecule has 2 aromatic rings. The maximum absolute atomic E-state index is 12.8. The molecule has 1 aromatic heterocycles. The Morgan fingerprint density at radius 3 is 2.18 bits per heavy atom. The highest BCUT2D eigenvalue weighted by Crippen LogP contribution is 2.63. The second-order valence-electron chi connectivity index (χ2n) is 6.22. The molecule has 0 amide bonds. The quantitative estimate of drug-likeness (QED) is 0.230. The monoisotopic (exact) mass is 566 g/mol. The van der Waals surface area contributed by atoms with Crippen LogP contribution in [0, 0.1) is 6.92 Å². The number of hydrogen-bond donors (Lipinski definition) is 0. The van der Waals surface area contributed by atoms with Crippen molar-refractivity contribution >= 4 is 53.6 Å². The van der Waals surface area contributed by atoms with Gasteiger partial charge in [0.2, 0.25) is 5.16 Å². The SMILES string of the molecule is CCOP(=S)(OCC)Oc1ccccc1/C=N/n1c(SP(=S)(OCC)OCC)nnc(C)c1=O. The zero-order valence-corrected chi connectivity index (χ0v) is 23.8. The van der Waals surface area contributed by atoms with Crippen LogP contribution in [0.4, 0.5) is 0 Å². The summed E-state index contributed by atoms with van der Waals surface area (Å²) in [5.41, 5.74) is -2.52. The van der Waals surface area contributed by atoms with E-state index < -0.39 is 18.0 Å². The summed E-state index contributed by atoms with van der Waals surface area (Å²) in [6.07, 6.45) is 1.46. The average Bonchev–Trinajstić information content (AvgIpc) is 2.77. The first-order chi connectivity index (χ1) is 16.2. The number of aromatic nitrogens is 3. The van der Waals surface area contributed by atoms with Crippen LogP contribution in [0.15, 0.2) is 39.3 Å². The van der Waals surface area contributed by atoms with E-state index in [2.05, 4.69) is 15.3 Å². The van der Waals surface area contributed by atoms with E-state index in [1.807, 2.05) is 27.7 Å². The topological polar surface area (TPSA) is 106 Å². The molecule has 2 rings (SSSR count). The summed E-state index contributed by atoms with van der Waals surface area (Å²) < 4.78 is 29.5. The number of hydrogen-bond acceptors (Lipinski definition) is 12. The lowest BCUT2D eigenvalue weighted by Crippen LogP contribution is -2.23. The maximum atomic E-state index is 12.8. The molecule has 0 spiro atoms. The fourth-order valence-electron chi connectivity index (χ4n) is 2.42. The van der Waals surface area contributed by atoms with Crippen molar-refractivity contribution in [2.45, 2.75) is 39.8 Å². The van der Waals surface area contributed by atoms with Crippen LogP contribution in [-0.2, 0) is 41.7 Å². The molecule has 1 heterocycles. The lowest BCUT2D eigenvalue weighted by Gasteiger charge is -2.22. The van der Waals surface area contributed by atoms with Crippen molar-refractivity contribution in [1.82, 2.24) is 14.9 Å². The van der Waals surface area contributed by atoms with Gasteiger partial charge in [0.15, 0.2) is 0 Å². The van der Waals surface area contributed by atoms with Crippen LogP contribution in [0.2, 0.25) is 0 Å². The normalized spacial score (nSPS) is 12.4. The molecule has 0 atom stereocenters. The van der Waals surface area contributed by atoms with Gasteiger partial charge in [0.25, 0.3) is 11.3 Å². The van der Waals surface area contributed by atoms with Crippen LogP contribution >= 0.6 is 23.8 Å². The minimum atomic E-state index is -3.00. The number of para-hydroxylation sites is 1. The van der Waals surface area contributed by atoms with E-state index in [0.717, 1.165) is 16.1 Å². The molecule has 1 aromatic carbocycles. The minimum Gasteiger partial charge on any atom is -0.423 e. The number of rotatable bonds is 14.